The van der Waals surface area contributed by atoms with E-state index in [1.165, 1.54) is 6.07 Å². The topological polar surface area (TPSA) is 29.1 Å². The molecule has 0 saturated carbocycles. The first-order valence-electron chi connectivity index (χ1n) is 5.77. The Morgan fingerprint density at radius 1 is 1.24 bits per heavy atom. The number of nitrogens with one attached hydrogen (secondary N) is 1. The van der Waals surface area contributed by atoms with Crippen molar-refractivity contribution in [3.63, 3.8) is 0 Å². The Bertz CT molecular complexity index is 669. The van der Waals surface area contributed by atoms with Crippen molar-refractivity contribution in [3.05, 3.63) is 56.6 Å². The number of benzene rings is 2. The Morgan fingerprint density at radius 3 is 2.67 bits per heavy atom. The monoisotopic (exact) mass is 439 g/mol. The third-order valence-corrected chi connectivity index (χ3v) is 4.49. The van der Waals surface area contributed by atoms with E-state index >= 15 is 0 Å². The molecule has 0 aliphatic carbocycles. The van der Waals surface area contributed by atoms with Gasteiger partial charge in [-0.15, -0.1) is 0 Å². The van der Waals surface area contributed by atoms with Crippen LogP contribution in [0.3, 0.4) is 0 Å². The fourth-order valence-corrected chi connectivity index (χ4v) is 2.98. The van der Waals surface area contributed by atoms with Crippen LogP contribution in [0, 0.1) is 3.57 Å². The summed E-state index contributed by atoms with van der Waals surface area (Å²) in [5.41, 5.74) is 0.753. The largest absolute Gasteiger partial charge is 0.321 e. The molecule has 0 aliphatic heterocycles. The second-order valence-electron chi connectivity index (χ2n) is 3.95. The Hall–Kier alpha value is -0.860. The van der Waals surface area contributed by atoms with Crippen molar-refractivity contribution in [1.82, 2.24) is 0 Å². The first-order valence-corrected chi connectivity index (χ1v) is 8.11. The van der Waals surface area contributed by atoms with Crippen molar-refractivity contribution in [2.45, 2.75) is 10.7 Å². The quantitative estimate of drug-likeness (QED) is 0.503. The molecule has 0 aromatic heterocycles. The van der Waals surface area contributed by atoms with Crippen LogP contribution in [0.4, 0.5) is 14.5 Å². The number of thioether (sulfide) groups is 1. The summed E-state index contributed by atoms with van der Waals surface area (Å²) in [6.45, 7) is 0. The van der Waals surface area contributed by atoms with Crippen molar-refractivity contribution < 1.29 is 13.6 Å². The average Bonchev–Trinajstić information content (AvgIpc) is 2.43. The van der Waals surface area contributed by atoms with Crippen molar-refractivity contribution >= 4 is 57.5 Å². The SMILES string of the molecule is O=C(Nc1ccccc1SC(F)F)c1cc(Cl)ccc1I. The summed E-state index contributed by atoms with van der Waals surface area (Å²) in [5, 5.41) is 3.08. The van der Waals surface area contributed by atoms with Crippen LogP contribution in [0.2, 0.25) is 5.02 Å². The summed E-state index contributed by atoms with van der Waals surface area (Å²) in [4.78, 5) is 12.6. The molecule has 2 rings (SSSR count). The number of halogens is 4. The first kappa shape index (κ1) is 16.5. The molecule has 21 heavy (non-hydrogen) atoms. The third-order valence-electron chi connectivity index (χ3n) is 2.52. The fourth-order valence-electron chi connectivity index (χ4n) is 1.63. The second-order valence-corrected chi connectivity index (χ2v) is 6.58. The van der Waals surface area contributed by atoms with Gasteiger partial charge in [-0.3, -0.25) is 4.79 Å². The molecular formula is C14H9ClF2INOS. The van der Waals surface area contributed by atoms with Crippen LogP contribution >= 0.6 is 46.0 Å². The molecule has 2 aromatic carbocycles. The number of amides is 1. The Morgan fingerprint density at radius 2 is 1.95 bits per heavy atom. The minimum absolute atomic E-state index is 0.317. The summed E-state index contributed by atoms with van der Waals surface area (Å²) in [7, 11) is 0. The summed E-state index contributed by atoms with van der Waals surface area (Å²) in [6, 6.07) is 11.4. The highest BCUT2D eigenvalue weighted by atomic mass is 127. The van der Waals surface area contributed by atoms with Crippen molar-refractivity contribution in [1.29, 1.82) is 0 Å². The molecule has 0 aliphatic rings. The molecule has 1 N–H and O–H groups in total. The number of hydrogen-bond donors (Lipinski definition) is 1. The van der Waals surface area contributed by atoms with E-state index < -0.39 is 5.76 Å². The zero-order valence-corrected chi connectivity index (χ0v) is 14.2. The van der Waals surface area contributed by atoms with Gasteiger partial charge >= 0.3 is 0 Å². The Labute approximate surface area is 143 Å². The maximum atomic E-state index is 12.5. The Balaban J connectivity index is 2.25. The number of para-hydroxylation sites is 1. The van der Waals surface area contributed by atoms with Gasteiger partial charge in [0.1, 0.15) is 0 Å². The second kappa shape index (κ2) is 7.42. The maximum Gasteiger partial charge on any atom is 0.288 e. The van der Waals surface area contributed by atoms with Gasteiger partial charge in [0, 0.05) is 13.5 Å². The summed E-state index contributed by atoms with van der Waals surface area (Å²) in [5.74, 6) is -2.93. The van der Waals surface area contributed by atoms with Crippen LogP contribution < -0.4 is 5.32 Å². The lowest BCUT2D eigenvalue weighted by molar-refractivity contribution is 0.102. The normalized spacial score (nSPS) is 10.7. The molecule has 110 valence electrons. The van der Waals surface area contributed by atoms with Crippen molar-refractivity contribution in [2.75, 3.05) is 5.32 Å². The number of carbonyl (C=O) groups is 1. The van der Waals surface area contributed by atoms with Gasteiger partial charge < -0.3 is 5.32 Å². The van der Waals surface area contributed by atoms with Gasteiger partial charge in [-0.25, -0.2) is 0 Å². The van der Waals surface area contributed by atoms with E-state index in [0.29, 0.717) is 32.9 Å². The van der Waals surface area contributed by atoms with Crippen LogP contribution in [-0.2, 0) is 0 Å². The minimum Gasteiger partial charge on any atom is -0.321 e. The molecule has 0 saturated heterocycles. The smallest absolute Gasteiger partial charge is 0.288 e. The molecule has 0 spiro atoms. The molecule has 0 fully saturated rings. The molecule has 0 radical (unpaired) electrons. The number of rotatable bonds is 4. The van der Waals surface area contributed by atoms with Crippen LogP contribution in [0.5, 0.6) is 0 Å². The van der Waals surface area contributed by atoms with Crippen LogP contribution in [0.15, 0.2) is 47.4 Å². The zero-order chi connectivity index (χ0) is 15.4. The van der Waals surface area contributed by atoms with E-state index in [9.17, 15) is 13.6 Å². The summed E-state index contributed by atoms with van der Waals surface area (Å²) < 4.78 is 25.7. The number of alkyl halides is 2. The van der Waals surface area contributed by atoms with Gasteiger partial charge in [0.2, 0.25) is 0 Å². The number of hydrogen-bond acceptors (Lipinski definition) is 2. The van der Waals surface area contributed by atoms with Crippen LogP contribution in [0.25, 0.3) is 0 Å². The Kier molecular flexibility index (Phi) is 5.83. The highest BCUT2D eigenvalue weighted by Gasteiger charge is 2.15. The van der Waals surface area contributed by atoms with E-state index in [4.69, 9.17) is 11.6 Å². The third kappa shape index (κ3) is 4.55. The van der Waals surface area contributed by atoms with Gasteiger partial charge in [-0.05, 0) is 52.9 Å². The predicted octanol–water partition coefficient (Wildman–Crippen LogP) is 5.51. The highest BCUT2D eigenvalue weighted by molar-refractivity contribution is 14.1. The molecule has 0 unspecified atom stereocenters. The molecule has 2 nitrogen and oxygen atoms in total. The van der Waals surface area contributed by atoms with Crippen LogP contribution in [-0.4, -0.2) is 11.7 Å². The van der Waals surface area contributed by atoms with Gasteiger partial charge in [-0.1, -0.05) is 35.5 Å². The first-order chi connectivity index (χ1) is 9.97. The molecule has 1 amide bonds. The fraction of sp³-hybridized carbons (Fsp3) is 0.0714. The molecular weight excluding hydrogens is 431 g/mol. The van der Waals surface area contributed by atoms with E-state index in [1.807, 2.05) is 22.6 Å². The van der Waals surface area contributed by atoms with Crippen molar-refractivity contribution in [2.24, 2.45) is 0 Å². The maximum absolute atomic E-state index is 12.5. The average molecular weight is 440 g/mol. The molecule has 0 heterocycles. The van der Waals surface area contributed by atoms with Gasteiger partial charge in [-0.2, -0.15) is 8.78 Å². The molecule has 0 atom stereocenters. The standard InChI is InChI=1S/C14H9ClF2INOS/c15-8-5-6-10(18)9(7-8)13(20)19-11-3-1-2-4-12(11)21-14(16)17/h1-7,14H,(H,19,20). The summed E-state index contributed by atoms with van der Waals surface area (Å²) >= 11 is 8.29. The van der Waals surface area contributed by atoms with Gasteiger partial charge in [0.25, 0.3) is 11.7 Å². The van der Waals surface area contributed by atoms with Crippen LogP contribution in [0.1, 0.15) is 10.4 Å². The lowest BCUT2D eigenvalue weighted by atomic mass is 10.2. The molecule has 7 heteroatoms. The van der Waals surface area contributed by atoms with E-state index in [0.717, 1.165) is 3.57 Å². The lowest BCUT2D eigenvalue weighted by Crippen LogP contribution is -2.14. The number of anilines is 1. The predicted molar refractivity (Wildman–Crippen MR) is 90.4 cm³/mol. The summed E-state index contributed by atoms with van der Waals surface area (Å²) in [6.07, 6.45) is 0. The van der Waals surface area contributed by atoms with Crippen molar-refractivity contribution in [3.8, 4) is 0 Å². The minimum atomic E-state index is -2.55. The number of carbonyl (C=O) groups excluding carboxylic acids is 1. The van der Waals surface area contributed by atoms with Gasteiger partial charge in [0.05, 0.1) is 11.3 Å². The van der Waals surface area contributed by atoms with E-state index in [2.05, 4.69) is 5.32 Å². The van der Waals surface area contributed by atoms with E-state index in [-0.39, 0.29) is 5.91 Å². The molecule has 2 aromatic rings. The highest BCUT2D eigenvalue weighted by Crippen LogP contribution is 2.32. The van der Waals surface area contributed by atoms with E-state index in [1.54, 1.807) is 36.4 Å². The lowest BCUT2D eigenvalue weighted by Gasteiger charge is -2.11. The van der Waals surface area contributed by atoms with Gasteiger partial charge in [0.15, 0.2) is 0 Å². The zero-order valence-electron chi connectivity index (χ0n) is 10.4. The molecule has 0 bridgehead atoms.